The molecule has 0 radical (unpaired) electrons. The summed E-state index contributed by atoms with van der Waals surface area (Å²) in [6.07, 6.45) is 2.47. The number of pyridine rings is 1. The minimum Gasteiger partial charge on any atom is -0.449 e. The lowest BCUT2D eigenvalue weighted by Crippen LogP contribution is -2.30. The Bertz CT molecular complexity index is 1190. The highest BCUT2D eigenvalue weighted by molar-refractivity contribution is 6.06. The second-order valence-corrected chi connectivity index (χ2v) is 6.58. The molecule has 2 aromatic heterocycles. The van der Waals surface area contributed by atoms with Crippen molar-refractivity contribution in [2.75, 3.05) is 5.32 Å². The van der Waals surface area contributed by atoms with E-state index in [2.05, 4.69) is 10.3 Å². The van der Waals surface area contributed by atoms with Gasteiger partial charge in [-0.05, 0) is 37.3 Å². The maximum atomic E-state index is 12.6. The molecular formula is C22H19N3O3. The molecule has 2 heterocycles. The van der Waals surface area contributed by atoms with E-state index >= 15 is 0 Å². The van der Waals surface area contributed by atoms with Crippen LogP contribution in [0.4, 0.5) is 5.69 Å². The lowest BCUT2D eigenvalue weighted by molar-refractivity contribution is -0.123. The van der Waals surface area contributed by atoms with Gasteiger partial charge in [0.15, 0.2) is 6.10 Å². The summed E-state index contributed by atoms with van der Waals surface area (Å²) in [5, 5.41) is 4.44. The Kier molecular flexibility index (Phi) is 4.53. The summed E-state index contributed by atoms with van der Waals surface area (Å²) in [5.41, 5.74) is 2.77. The molecule has 28 heavy (non-hydrogen) atoms. The zero-order chi connectivity index (χ0) is 19.7. The molecule has 0 fully saturated rings. The number of fused-ring (bicyclic) bond motifs is 2. The van der Waals surface area contributed by atoms with Crippen LogP contribution in [-0.4, -0.2) is 27.5 Å². The molecule has 6 nitrogen and oxygen atoms in total. The minimum absolute atomic E-state index is 0.398. The number of carbonyl (C=O) groups is 2. The van der Waals surface area contributed by atoms with Crippen LogP contribution in [0, 0.1) is 0 Å². The van der Waals surface area contributed by atoms with Crippen molar-refractivity contribution in [3.63, 3.8) is 0 Å². The Morgan fingerprint density at radius 1 is 1.04 bits per heavy atom. The van der Waals surface area contributed by atoms with Gasteiger partial charge < -0.3 is 14.6 Å². The van der Waals surface area contributed by atoms with Crippen molar-refractivity contribution < 1.29 is 14.3 Å². The molecule has 4 aromatic rings. The number of para-hydroxylation sites is 1. The van der Waals surface area contributed by atoms with Gasteiger partial charge in [-0.3, -0.25) is 9.78 Å². The highest BCUT2D eigenvalue weighted by atomic mass is 16.5. The smallest absolute Gasteiger partial charge is 0.341 e. The Morgan fingerprint density at radius 2 is 1.82 bits per heavy atom. The molecule has 0 saturated heterocycles. The summed E-state index contributed by atoms with van der Waals surface area (Å²) in [6.45, 7) is 1.56. The summed E-state index contributed by atoms with van der Waals surface area (Å²) in [5.74, 6) is -0.927. The molecule has 0 aliphatic rings. The minimum atomic E-state index is -0.946. The van der Waals surface area contributed by atoms with Crippen LogP contribution in [0.3, 0.4) is 0 Å². The van der Waals surface area contributed by atoms with Crippen molar-refractivity contribution in [1.82, 2.24) is 9.55 Å². The number of aryl methyl sites for hydroxylation is 1. The van der Waals surface area contributed by atoms with Crippen LogP contribution < -0.4 is 5.32 Å². The van der Waals surface area contributed by atoms with Crippen LogP contribution in [0.15, 0.2) is 67.0 Å². The molecule has 6 heteroatoms. The van der Waals surface area contributed by atoms with Crippen LogP contribution in [0.25, 0.3) is 21.8 Å². The first-order valence-electron chi connectivity index (χ1n) is 8.94. The second-order valence-electron chi connectivity index (χ2n) is 6.58. The Morgan fingerprint density at radius 3 is 2.68 bits per heavy atom. The summed E-state index contributed by atoms with van der Waals surface area (Å²) >= 11 is 0. The Labute approximate surface area is 161 Å². The number of hydrogen-bond donors (Lipinski definition) is 1. The van der Waals surface area contributed by atoms with E-state index in [-0.39, 0.29) is 0 Å². The van der Waals surface area contributed by atoms with Crippen molar-refractivity contribution in [1.29, 1.82) is 0 Å². The normalized spacial score (nSPS) is 12.1. The fourth-order valence-electron chi connectivity index (χ4n) is 3.23. The van der Waals surface area contributed by atoms with E-state index in [1.807, 2.05) is 60.1 Å². The molecule has 0 saturated carbocycles. The summed E-state index contributed by atoms with van der Waals surface area (Å²) in [6, 6.07) is 16.7. The van der Waals surface area contributed by atoms with Gasteiger partial charge >= 0.3 is 5.97 Å². The topological polar surface area (TPSA) is 73.2 Å². The van der Waals surface area contributed by atoms with Gasteiger partial charge in [0.2, 0.25) is 0 Å². The highest BCUT2D eigenvalue weighted by Crippen LogP contribution is 2.23. The molecule has 1 amide bonds. The fourth-order valence-corrected chi connectivity index (χ4v) is 3.23. The van der Waals surface area contributed by atoms with Gasteiger partial charge in [0, 0.05) is 35.7 Å². The predicted octanol–water partition coefficient (Wildman–Crippen LogP) is 3.91. The largest absolute Gasteiger partial charge is 0.449 e. The number of esters is 1. The van der Waals surface area contributed by atoms with E-state index in [1.54, 1.807) is 25.4 Å². The standard InChI is InChI=1S/C22H19N3O3/c1-14(21(26)24-19-10-5-9-18-16(19)8-6-12-23-18)28-22(27)17-13-25(2)20-11-4-3-7-15(17)20/h3-14H,1-2H3,(H,24,26)/t14-/m0/s1. The average molecular weight is 373 g/mol. The van der Waals surface area contributed by atoms with Crippen LogP contribution in [0.1, 0.15) is 17.3 Å². The molecular weight excluding hydrogens is 354 g/mol. The number of amides is 1. The third-order valence-corrected chi connectivity index (χ3v) is 4.67. The van der Waals surface area contributed by atoms with Gasteiger partial charge in [-0.25, -0.2) is 4.79 Å². The van der Waals surface area contributed by atoms with Crippen molar-refractivity contribution in [3.8, 4) is 0 Å². The highest BCUT2D eigenvalue weighted by Gasteiger charge is 2.22. The van der Waals surface area contributed by atoms with Crippen molar-refractivity contribution in [3.05, 3.63) is 72.6 Å². The third-order valence-electron chi connectivity index (χ3n) is 4.67. The molecule has 0 aliphatic heterocycles. The van der Waals surface area contributed by atoms with Crippen LogP contribution in [-0.2, 0) is 16.6 Å². The van der Waals surface area contributed by atoms with Crippen molar-refractivity contribution in [2.45, 2.75) is 13.0 Å². The molecule has 0 unspecified atom stereocenters. The Hall–Kier alpha value is -3.67. The lowest BCUT2D eigenvalue weighted by Gasteiger charge is -2.14. The third kappa shape index (κ3) is 3.20. The quantitative estimate of drug-likeness (QED) is 0.551. The van der Waals surface area contributed by atoms with Crippen LogP contribution >= 0.6 is 0 Å². The van der Waals surface area contributed by atoms with E-state index in [4.69, 9.17) is 4.74 Å². The number of nitrogens with zero attached hydrogens (tertiary/aromatic N) is 2. The SMILES string of the molecule is C[C@H](OC(=O)c1cn(C)c2ccccc12)C(=O)Nc1cccc2ncccc12. The molecule has 0 bridgehead atoms. The number of benzene rings is 2. The number of hydrogen-bond acceptors (Lipinski definition) is 4. The van der Waals surface area contributed by atoms with E-state index in [1.165, 1.54) is 0 Å². The second kappa shape index (κ2) is 7.15. The molecule has 0 spiro atoms. The summed E-state index contributed by atoms with van der Waals surface area (Å²) in [7, 11) is 1.86. The van der Waals surface area contributed by atoms with E-state index in [9.17, 15) is 9.59 Å². The fraction of sp³-hybridized carbons (Fsp3) is 0.136. The van der Waals surface area contributed by atoms with Crippen molar-refractivity contribution >= 4 is 39.4 Å². The molecule has 4 rings (SSSR count). The lowest BCUT2D eigenvalue weighted by atomic mass is 10.1. The maximum absolute atomic E-state index is 12.6. The number of aromatic nitrogens is 2. The van der Waals surface area contributed by atoms with Crippen LogP contribution in [0.5, 0.6) is 0 Å². The first-order chi connectivity index (χ1) is 13.5. The predicted molar refractivity (Wildman–Crippen MR) is 108 cm³/mol. The van der Waals surface area contributed by atoms with Gasteiger partial charge in [-0.2, -0.15) is 0 Å². The summed E-state index contributed by atoms with van der Waals surface area (Å²) < 4.78 is 7.28. The van der Waals surface area contributed by atoms with Crippen LogP contribution in [0.2, 0.25) is 0 Å². The maximum Gasteiger partial charge on any atom is 0.341 e. The number of ether oxygens (including phenoxy) is 1. The monoisotopic (exact) mass is 373 g/mol. The van der Waals surface area contributed by atoms with Gasteiger partial charge in [0.1, 0.15) is 0 Å². The Balaban J connectivity index is 1.52. The number of anilines is 1. The van der Waals surface area contributed by atoms with Gasteiger partial charge in [0.25, 0.3) is 5.91 Å². The van der Waals surface area contributed by atoms with Gasteiger partial charge in [-0.15, -0.1) is 0 Å². The number of carbonyl (C=O) groups excluding carboxylic acids is 2. The molecule has 2 aromatic carbocycles. The van der Waals surface area contributed by atoms with E-state index in [0.29, 0.717) is 11.3 Å². The molecule has 1 N–H and O–H groups in total. The first kappa shape index (κ1) is 17.7. The molecule has 1 atom stereocenters. The van der Waals surface area contributed by atoms with Crippen molar-refractivity contribution in [2.24, 2.45) is 7.05 Å². The zero-order valence-corrected chi connectivity index (χ0v) is 15.5. The van der Waals surface area contributed by atoms with Gasteiger partial charge in [0.05, 0.1) is 16.8 Å². The summed E-state index contributed by atoms with van der Waals surface area (Å²) in [4.78, 5) is 29.5. The molecule has 0 aliphatic carbocycles. The average Bonchev–Trinajstić information content (AvgIpc) is 3.05. The van der Waals surface area contributed by atoms with E-state index in [0.717, 1.165) is 21.8 Å². The molecule has 140 valence electrons. The van der Waals surface area contributed by atoms with E-state index < -0.39 is 18.0 Å². The zero-order valence-electron chi connectivity index (χ0n) is 15.5. The first-order valence-corrected chi connectivity index (χ1v) is 8.94. The number of nitrogens with one attached hydrogen (secondary N) is 1. The van der Waals surface area contributed by atoms with Gasteiger partial charge in [-0.1, -0.05) is 24.3 Å². The number of rotatable bonds is 4.